The Morgan fingerprint density at radius 2 is 1.61 bits per heavy atom. The Morgan fingerprint density at radius 3 is 2.28 bits per heavy atom. The van der Waals surface area contributed by atoms with E-state index in [0.29, 0.717) is 5.02 Å². The topological polar surface area (TPSA) is 41.6 Å². The summed E-state index contributed by atoms with van der Waals surface area (Å²) in [5.41, 5.74) is 3.40. The van der Waals surface area contributed by atoms with Gasteiger partial charge in [0.15, 0.2) is 0 Å². The second-order valence-corrected chi connectivity index (χ2v) is 10.4. The number of hydrogen-bond acceptors (Lipinski definition) is 4. The number of ether oxygens (including phenoxy) is 1. The molecule has 0 radical (unpaired) electrons. The average Bonchev–Trinajstić information content (AvgIpc) is 3.45. The molecule has 1 aliphatic heterocycles. The van der Waals surface area contributed by atoms with Crippen LogP contribution in [-0.4, -0.2) is 23.9 Å². The number of carbonyl (C=O) groups is 1. The van der Waals surface area contributed by atoms with Crippen molar-refractivity contribution in [1.29, 1.82) is 0 Å². The van der Waals surface area contributed by atoms with E-state index in [1.807, 2.05) is 72.1 Å². The molecule has 1 N–H and O–H groups in total. The fourth-order valence-corrected chi connectivity index (χ4v) is 5.42. The maximum absolute atomic E-state index is 13.2. The van der Waals surface area contributed by atoms with E-state index >= 15 is 0 Å². The molecule has 3 aromatic carbocycles. The predicted octanol–water partition coefficient (Wildman–Crippen LogP) is 7.31. The fourth-order valence-electron chi connectivity index (χ4n) is 4.61. The van der Waals surface area contributed by atoms with Gasteiger partial charge in [-0.3, -0.25) is 9.69 Å². The van der Waals surface area contributed by atoms with E-state index in [0.717, 1.165) is 55.1 Å². The zero-order valence-electron chi connectivity index (χ0n) is 20.0. The molecule has 184 valence electrons. The van der Waals surface area contributed by atoms with Crippen molar-refractivity contribution in [3.63, 3.8) is 0 Å². The van der Waals surface area contributed by atoms with E-state index < -0.39 is 0 Å². The monoisotopic (exact) mass is 516 g/mol. The first-order valence-electron chi connectivity index (χ1n) is 12.3. The summed E-state index contributed by atoms with van der Waals surface area (Å²) in [6.45, 7) is 2.69. The summed E-state index contributed by atoms with van der Waals surface area (Å²) in [4.78, 5) is 15.7. The molecule has 1 fully saturated rings. The van der Waals surface area contributed by atoms with Gasteiger partial charge in [0.2, 0.25) is 5.91 Å². The van der Waals surface area contributed by atoms with Crippen LogP contribution in [0.4, 0.5) is 0 Å². The van der Waals surface area contributed by atoms with Crippen molar-refractivity contribution in [2.24, 2.45) is 5.92 Å². The fraction of sp³-hybridized carbons (Fsp3) is 0.233. The number of nitrogens with one attached hydrogen (secondary N) is 1. The molecule has 0 aliphatic carbocycles. The Labute approximate surface area is 221 Å². The third-order valence-electron chi connectivity index (χ3n) is 6.63. The highest BCUT2D eigenvalue weighted by Gasteiger charge is 2.27. The van der Waals surface area contributed by atoms with E-state index in [4.69, 9.17) is 16.3 Å². The molecular formula is C30H29ClN2O2S. The third kappa shape index (κ3) is 6.35. The van der Waals surface area contributed by atoms with Gasteiger partial charge < -0.3 is 10.1 Å². The van der Waals surface area contributed by atoms with Crippen LogP contribution in [0.2, 0.25) is 5.02 Å². The number of amides is 1. The van der Waals surface area contributed by atoms with E-state index in [2.05, 4.69) is 33.8 Å². The minimum absolute atomic E-state index is 0.0244. The van der Waals surface area contributed by atoms with Crippen LogP contribution in [0.3, 0.4) is 0 Å². The van der Waals surface area contributed by atoms with Crippen molar-refractivity contribution >= 4 is 28.8 Å². The van der Waals surface area contributed by atoms with E-state index in [1.54, 1.807) is 11.3 Å². The van der Waals surface area contributed by atoms with Crippen molar-refractivity contribution in [1.82, 2.24) is 10.2 Å². The third-order valence-corrected chi connectivity index (χ3v) is 7.59. The van der Waals surface area contributed by atoms with Crippen molar-refractivity contribution < 1.29 is 9.53 Å². The molecule has 36 heavy (non-hydrogen) atoms. The maximum atomic E-state index is 13.2. The second kappa shape index (κ2) is 11.7. The lowest BCUT2D eigenvalue weighted by Crippen LogP contribution is -2.41. The molecule has 4 nitrogen and oxygen atoms in total. The van der Waals surface area contributed by atoms with Crippen LogP contribution in [0.25, 0.3) is 0 Å². The Bertz CT molecular complexity index is 1240. The van der Waals surface area contributed by atoms with Gasteiger partial charge in [0.05, 0.1) is 6.04 Å². The summed E-state index contributed by atoms with van der Waals surface area (Å²) in [5.74, 6) is 1.82. The zero-order chi connectivity index (χ0) is 24.7. The van der Waals surface area contributed by atoms with Gasteiger partial charge in [0.25, 0.3) is 0 Å². The number of halogens is 1. The van der Waals surface area contributed by atoms with Crippen LogP contribution in [-0.2, 0) is 11.3 Å². The van der Waals surface area contributed by atoms with Crippen LogP contribution in [0.5, 0.6) is 11.5 Å². The Balaban J connectivity index is 1.14. The lowest BCUT2D eigenvalue weighted by Gasteiger charge is -2.32. The maximum Gasteiger partial charge on any atom is 0.223 e. The van der Waals surface area contributed by atoms with Gasteiger partial charge in [0.1, 0.15) is 11.5 Å². The number of piperidine rings is 1. The lowest BCUT2D eigenvalue weighted by atomic mass is 9.93. The zero-order valence-corrected chi connectivity index (χ0v) is 21.6. The number of thiophene rings is 1. The summed E-state index contributed by atoms with van der Waals surface area (Å²) in [7, 11) is 0. The van der Waals surface area contributed by atoms with Crippen molar-refractivity contribution in [3.8, 4) is 11.5 Å². The summed E-state index contributed by atoms with van der Waals surface area (Å²) >= 11 is 7.72. The van der Waals surface area contributed by atoms with Crippen LogP contribution >= 0.6 is 22.9 Å². The largest absolute Gasteiger partial charge is 0.457 e. The number of para-hydroxylation sites is 1. The average molecular weight is 517 g/mol. The summed E-state index contributed by atoms with van der Waals surface area (Å²) < 4.78 is 5.90. The standard InChI is InChI=1S/C30H29ClN2O2S/c31-26-10-8-23(9-11-26)29(25-16-19-36-21-25)32-30(34)24-14-17-33(18-15-24)20-22-6-12-28(13-7-22)35-27-4-2-1-3-5-27/h1-13,16,19,21,24,29H,14-15,17-18,20H2,(H,32,34). The normalized spacial score (nSPS) is 15.4. The number of rotatable bonds is 8. The lowest BCUT2D eigenvalue weighted by molar-refractivity contribution is -0.127. The minimum atomic E-state index is -0.157. The Morgan fingerprint density at radius 1 is 0.917 bits per heavy atom. The molecule has 1 aromatic heterocycles. The molecular weight excluding hydrogens is 488 g/mol. The summed E-state index contributed by atoms with van der Waals surface area (Å²) in [6.07, 6.45) is 1.72. The van der Waals surface area contributed by atoms with Crippen LogP contribution < -0.4 is 10.1 Å². The molecule has 0 bridgehead atoms. The summed E-state index contributed by atoms with van der Waals surface area (Å²) in [6, 6.07) is 27.7. The van der Waals surface area contributed by atoms with Crippen molar-refractivity contribution in [3.05, 3.63) is 117 Å². The molecule has 1 amide bonds. The number of hydrogen-bond donors (Lipinski definition) is 1. The first-order chi connectivity index (χ1) is 17.6. The highest BCUT2D eigenvalue weighted by Crippen LogP contribution is 2.28. The van der Waals surface area contributed by atoms with Crippen LogP contribution in [0, 0.1) is 5.92 Å². The van der Waals surface area contributed by atoms with E-state index in [9.17, 15) is 4.79 Å². The van der Waals surface area contributed by atoms with Gasteiger partial charge in [0, 0.05) is 17.5 Å². The SMILES string of the molecule is O=C(NC(c1ccc(Cl)cc1)c1ccsc1)C1CCN(Cc2ccc(Oc3ccccc3)cc2)CC1. The number of nitrogens with zero attached hydrogens (tertiary/aromatic N) is 1. The second-order valence-electron chi connectivity index (χ2n) is 9.16. The van der Waals surface area contributed by atoms with Gasteiger partial charge in [-0.25, -0.2) is 0 Å². The van der Waals surface area contributed by atoms with Gasteiger partial charge in [-0.1, -0.05) is 54.1 Å². The van der Waals surface area contributed by atoms with E-state index in [1.165, 1.54) is 5.56 Å². The van der Waals surface area contributed by atoms with Gasteiger partial charge in [-0.2, -0.15) is 11.3 Å². The molecule has 6 heteroatoms. The first-order valence-corrected chi connectivity index (χ1v) is 13.6. The first kappa shape index (κ1) is 24.6. The van der Waals surface area contributed by atoms with Crippen molar-refractivity contribution in [2.45, 2.75) is 25.4 Å². The number of likely N-dealkylation sites (tertiary alicyclic amines) is 1. The molecule has 5 rings (SSSR count). The molecule has 1 unspecified atom stereocenters. The van der Waals surface area contributed by atoms with Crippen molar-refractivity contribution in [2.75, 3.05) is 13.1 Å². The highest BCUT2D eigenvalue weighted by atomic mass is 35.5. The number of carbonyl (C=O) groups excluding carboxylic acids is 1. The molecule has 4 aromatic rings. The van der Waals surface area contributed by atoms with Gasteiger partial charge in [-0.05, 0) is 95.8 Å². The molecule has 1 saturated heterocycles. The predicted molar refractivity (Wildman–Crippen MR) is 147 cm³/mol. The van der Waals surface area contributed by atoms with Gasteiger partial charge >= 0.3 is 0 Å². The Kier molecular flexibility index (Phi) is 8.01. The summed E-state index contributed by atoms with van der Waals surface area (Å²) in [5, 5.41) is 8.14. The van der Waals surface area contributed by atoms with Crippen LogP contribution in [0.1, 0.15) is 35.6 Å². The minimum Gasteiger partial charge on any atom is -0.457 e. The number of benzene rings is 3. The molecule has 0 spiro atoms. The smallest absolute Gasteiger partial charge is 0.223 e. The molecule has 1 aliphatic rings. The Hall–Kier alpha value is -3.12. The van der Waals surface area contributed by atoms with E-state index in [-0.39, 0.29) is 17.9 Å². The highest BCUT2D eigenvalue weighted by molar-refractivity contribution is 7.08. The van der Waals surface area contributed by atoms with Crippen LogP contribution in [0.15, 0.2) is 95.7 Å². The van der Waals surface area contributed by atoms with Gasteiger partial charge in [-0.15, -0.1) is 0 Å². The molecule has 0 saturated carbocycles. The molecule has 1 atom stereocenters. The molecule has 2 heterocycles. The quantitative estimate of drug-likeness (QED) is 0.267.